The lowest BCUT2D eigenvalue weighted by molar-refractivity contribution is -0.384. The lowest BCUT2D eigenvalue weighted by Crippen LogP contribution is -2.42. The van der Waals surface area contributed by atoms with Gasteiger partial charge in [-0.05, 0) is 31.0 Å². The molecule has 1 fully saturated rings. The number of pyridine rings is 1. The molecule has 2 aromatic heterocycles. The molecule has 1 amide bonds. The Labute approximate surface area is 154 Å². The number of carbonyl (C=O) groups is 1. The molecule has 1 aromatic carbocycles. The Morgan fingerprint density at radius 2 is 2.00 bits per heavy atom. The van der Waals surface area contributed by atoms with Crippen molar-refractivity contribution >= 4 is 28.4 Å². The van der Waals surface area contributed by atoms with Gasteiger partial charge < -0.3 is 15.2 Å². The first-order valence-electron chi connectivity index (χ1n) is 8.72. The predicted molar refractivity (Wildman–Crippen MR) is 99.5 cm³/mol. The number of fused-ring (bicyclic) bond motifs is 1. The highest BCUT2D eigenvalue weighted by molar-refractivity contribution is 5.94. The number of para-hydroxylation sites is 2. The molecule has 0 spiro atoms. The number of nitrogens with one attached hydrogen (secondary N) is 2. The van der Waals surface area contributed by atoms with Crippen LogP contribution in [0.2, 0.25) is 0 Å². The number of nitro groups is 1. The van der Waals surface area contributed by atoms with Crippen LogP contribution in [0.1, 0.15) is 23.5 Å². The maximum Gasteiger partial charge on any atom is 0.311 e. The Kier molecular flexibility index (Phi) is 4.41. The van der Waals surface area contributed by atoms with Crippen LogP contribution in [0, 0.1) is 10.1 Å². The van der Waals surface area contributed by atoms with Crippen LogP contribution >= 0.6 is 0 Å². The summed E-state index contributed by atoms with van der Waals surface area (Å²) >= 11 is 0. The fourth-order valence-corrected chi connectivity index (χ4v) is 3.28. The van der Waals surface area contributed by atoms with E-state index in [1.54, 1.807) is 4.90 Å². The number of nitrogens with zero attached hydrogens (tertiary/aromatic N) is 4. The smallest absolute Gasteiger partial charge is 0.311 e. The quantitative estimate of drug-likeness (QED) is 0.541. The topological polar surface area (TPSA) is 117 Å². The second-order valence-corrected chi connectivity index (χ2v) is 6.44. The van der Waals surface area contributed by atoms with E-state index in [1.165, 1.54) is 18.3 Å². The third kappa shape index (κ3) is 3.43. The summed E-state index contributed by atoms with van der Waals surface area (Å²) in [6.45, 7) is 1.10. The van der Waals surface area contributed by atoms with Crippen molar-refractivity contribution in [1.29, 1.82) is 0 Å². The van der Waals surface area contributed by atoms with Gasteiger partial charge in [0.15, 0.2) is 5.82 Å². The minimum atomic E-state index is -0.449. The van der Waals surface area contributed by atoms with Crippen LogP contribution in [-0.2, 0) is 0 Å². The van der Waals surface area contributed by atoms with Gasteiger partial charge in [0.05, 0.1) is 16.0 Å². The zero-order chi connectivity index (χ0) is 18.8. The Bertz CT molecular complexity index is 960. The Morgan fingerprint density at radius 3 is 2.74 bits per heavy atom. The van der Waals surface area contributed by atoms with Crippen LogP contribution in [0.15, 0.2) is 42.6 Å². The number of imidazole rings is 1. The van der Waals surface area contributed by atoms with E-state index in [-0.39, 0.29) is 23.5 Å². The van der Waals surface area contributed by atoms with Crippen LogP contribution in [0.5, 0.6) is 0 Å². The maximum atomic E-state index is 12.7. The number of anilines is 1. The Morgan fingerprint density at radius 1 is 1.22 bits per heavy atom. The molecule has 138 valence electrons. The van der Waals surface area contributed by atoms with Crippen molar-refractivity contribution in [1.82, 2.24) is 19.9 Å². The summed E-state index contributed by atoms with van der Waals surface area (Å²) in [5.74, 6) is 0.473. The molecule has 0 unspecified atom stereocenters. The second kappa shape index (κ2) is 7.02. The summed E-state index contributed by atoms with van der Waals surface area (Å²) in [7, 11) is 0. The normalized spacial score (nSPS) is 15.0. The van der Waals surface area contributed by atoms with E-state index in [0.717, 1.165) is 11.0 Å². The number of benzene rings is 1. The first kappa shape index (κ1) is 17.0. The number of carbonyl (C=O) groups excluding carboxylic acids is 1. The SMILES string of the molecule is O=C(c1nc2ccccc2[nH]1)N1CCC(Nc2ncccc2[N+](=O)[O-])CC1. The van der Waals surface area contributed by atoms with Gasteiger partial charge in [0.25, 0.3) is 5.91 Å². The molecule has 0 radical (unpaired) electrons. The van der Waals surface area contributed by atoms with Gasteiger partial charge in [0, 0.05) is 31.4 Å². The van der Waals surface area contributed by atoms with Gasteiger partial charge in [0.2, 0.25) is 5.82 Å². The fourth-order valence-electron chi connectivity index (χ4n) is 3.28. The molecular weight excluding hydrogens is 348 g/mol. The molecule has 2 N–H and O–H groups in total. The van der Waals surface area contributed by atoms with E-state index in [1.807, 2.05) is 24.3 Å². The molecule has 1 aliphatic rings. The summed E-state index contributed by atoms with van der Waals surface area (Å²) < 4.78 is 0. The van der Waals surface area contributed by atoms with Crippen LogP contribution in [-0.4, -0.2) is 49.8 Å². The number of hydrogen-bond acceptors (Lipinski definition) is 6. The summed E-state index contributed by atoms with van der Waals surface area (Å²) in [6, 6.07) is 10.5. The van der Waals surface area contributed by atoms with Gasteiger partial charge in [0.1, 0.15) is 0 Å². The molecule has 1 aliphatic heterocycles. The van der Waals surface area contributed by atoms with Crippen molar-refractivity contribution in [3.8, 4) is 0 Å². The summed E-state index contributed by atoms with van der Waals surface area (Å²) in [5.41, 5.74) is 1.55. The van der Waals surface area contributed by atoms with E-state index in [9.17, 15) is 14.9 Å². The standard InChI is InChI=1S/C18H18N6O3/c25-18(17-21-13-4-1-2-5-14(13)22-17)23-10-7-12(8-11-23)20-16-15(24(26)27)6-3-9-19-16/h1-6,9,12H,7-8,10-11H2,(H,19,20)(H,21,22). The predicted octanol–water partition coefficient (Wildman–Crippen LogP) is 2.58. The lowest BCUT2D eigenvalue weighted by Gasteiger charge is -2.32. The van der Waals surface area contributed by atoms with E-state index >= 15 is 0 Å². The molecule has 9 nitrogen and oxygen atoms in total. The van der Waals surface area contributed by atoms with Crippen LogP contribution in [0.4, 0.5) is 11.5 Å². The number of amides is 1. The highest BCUT2D eigenvalue weighted by atomic mass is 16.6. The minimum Gasteiger partial charge on any atom is -0.361 e. The number of H-pyrrole nitrogens is 1. The monoisotopic (exact) mass is 366 g/mol. The second-order valence-electron chi connectivity index (χ2n) is 6.44. The average molecular weight is 366 g/mol. The molecule has 0 aliphatic carbocycles. The zero-order valence-electron chi connectivity index (χ0n) is 14.5. The van der Waals surface area contributed by atoms with Crippen LogP contribution in [0.25, 0.3) is 11.0 Å². The third-order valence-electron chi connectivity index (χ3n) is 4.70. The number of likely N-dealkylation sites (tertiary alicyclic amines) is 1. The molecule has 3 heterocycles. The van der Waals surface area contributed by atoms with Crippen LogP contribution in [0.3, 0.4) is 0 Å². The average Bonchev–Trinajstić information content (AvgIpc) is 3.12. The van der Waals surface area contributed by atoms with E-state index < -0.39 is 4.92 Å². The van der Waals surface area contributed by atoms with Crippen molar-refractivity contribution in [2.75, 3.05) is 18.4 Å². The minimum absolute atomic E-state index is 0.0262. The van der Waals surface area contributed by atoms with Gasteiger partial charge in [-0.15, -0.1) is 0 Å². The van der Waals surface area contributed by atoms with Crippen LogP contribution < -0.4 is 5.32 Å². The molecule has 1 saturated heterocycles. The number of aromatic amines is 1. The van der Waals surface area contributed by atoms with Gasteiger partial charge >= 0.3 is 5.69 Å². The first-order valence-corrected chi connectivity index (χ1v) is 8.72. The third-order valence-corrected chi connectivity index (χ3v) is 4.70. The van der Waals surface area contributed by atoms with E-state index in [0.29, 0.717) is 31.8 Å². The number of rotatable bonds is 4. The Balaban J connectivity index is 1.40. The van der Waals surface area contributed by atoms with Crippen molar-refractivity contribution in [2.24, 2.45) is 0 Å². The molecule has 0 bridgehead atoms. The van der Waals surface area contributed by atoms with Gasteiger partial charge in [-0.1, -0.05) is 12.1 Å². The molecule has 3 aromatic rings. The molecule has 0 saturated carbocycles. The molecular formula is C18H18N6O3. The Hall–Kier alpha value is -3.49. The molecule has 9 heteroatoms. The zero-order valence-corrected chi connectivity index (χ0v) is 14.5. The van der Waals surface area contributed by atoms with Crippen molar-refractivity contribution in [3.63, 3.8) is 0 Å². The van der Waals surface area contributed by atoms with Crippen molar-refractivity contribution < 1.29 is 9.72 Å². The fraction of sp³-hybridized carbons (Fsp3) is 0.278. The molecule has 0 atom stereocenters. The van der Waals surface area contributed by atoms with Crippen molar-refractivity contribution in [3.05, 3.63) is 58.5 Å². The number of aromatic nitrogens is 3. The highest BCUT2D eigenvalue weighted by Gasteiger charge is 2.27. The van der Waals surface area contributed by atoms with Gasteiger partial charge in [-0.3, -0.25) is 14.9 Å². The van der Waals surface area contributed by atoms with Gasteiger partial charge in [-0.2, -0.15) is 0 Å². The first-order chi connectivity index (χ1) is 13.1. The highest BCUT2D eigenvalue weighted by Crippen LogP contribution is 2.24. The largest absolute Gasteiger partial charge is 0.361 e. The lowest BCUT2D eigenvalue weighted by atomic mass is 10.0. The molecule has 27 heavy (non-hydrogen) atoms. The maximum absolute atomic E-state index is 12.7. The molecule has 4 rings (SSSR count). The van der Waals surface area contributed by atoms with Gasteiger partial charge in [-0.25, -0.2) is 9.97 Å². The van der Waals surface area contributed by atoms with E-state index in [2.05, 4.69) is 20.3 Å². The summed E-state index contributed by atoms with van der Waals surface area (Å²) in [5, 5.41) is 14.2. The van der Waals surface area contributed by atoms with Crippen molar-refractivity contribution in [2.45, 2.75) is 18.9 Å². The number of piperidine rings is 1. The van der Waals surface area contributed by atoms with E-state index in [4.69, 9.17) is 0 Å². The summed E-state index contributed by atoms with van der Waals surface area (Å²) in [4.78, 5) is 36.6. The summed E-state index contributed by atoms with van der Waals surface area (Å²) in [6.07, 6.45) is 2.88. The number of hydrogen-bond donors (Lipinski definition) is 2.